The van der Waals surface area contributed by atoms with Crippen molar-refractivity contribution < 1.29 is 22.3 Å². The Labute approximate surface area is 173 Å². The molecule has 0 saturated carbocycles. The van der Waals surface area contributed by atoms with Gasteiger partial charge < -0.3 is 15.4 Å². The number of aromatic nitrogens is 1. The fourth-order valence-electron chi connectivity index (χ4n) is 2.75. The Morgan fingerprint density at radius 1 is 1.13 bits per heavy atom. The number of halogens is 1. The Kier molecular flexibility index (Phi) is 6.63. The van der Waals surface area contributed by atoms with E-state index in [2.05, 4.69) is 15.6 Å². The molecule has 9 heteroatoms. The van der Waals surface area contributed by atoms with Crippen molar-refractivity contribution in [3.63, 3.8) is 0 Å². The first-order valence-corrected chi connectivity index (χ1v) is 10.6. The summed E-state index contributed by atoms with van der Waals surface area (Å²) >= 11 is 0. The van der Waals surface area contributed by atoms with Crippen molar-refractivity contribution >= 4 is 21.6 Å². The van der Waals surface area contributed by atoms with Gasteiger partial charge in [-0.2, -0.15) is 0 Å². The molecule has 30 heavy (non-hydrogen) atoms. The van der Waals surface area contributed by atoms with Crippen molar-refractivity contribution in [2.45, 2.75) is 17.2 Å². The molecule has 2 amide bonds. The first kappa shape index (κ1) is 21.3. The van der Waals surface area contributed by atoms with Gasteiger partial charge >= 0.3 is 6.03 Å². The molecule has 3 aromatic rings. The monoisotopic (exact) mass is 429 g/mol. The Morgan fingerprint density at radius 3 is 2.57 bits per heavy atom. The molecule has 0 aliphatic carbocycles. The molecule has 0 spiro atoms. The number of carbonyl (C=O) groups is 1. The molecule has 0 atom stereocenters. The molecule has 0 radical (unpaired) electrons. The number of amides is 2. The molecular weight excluding hydrogens is 409 g/mol. The van der Waals surface area contributed by atoms with Gasteiger partial charge in [-0.05, 0) is 54.1 Å². The van der Waals surface area contributed by atoms with E-state index in [1.807, 2.05) is 6.07 Å². The average Bonchev–Trinajstić information content (AvgIpc) is 2.73. The van der Waals surface area contributed by atoms with Crippen LogP contribution < -0.4 is 15.4 Å². The molecule has 0 unspecified atom stereocenters. The molecule has 2 aromatic carbocycles. The van der Waals surface area contributed by atoms with Crippen LogP contribution in [0.2, 0.25) is 0 Å². The topological polar surface area (TPSA) is 97.4 Å². The van der Waals surface area contributed by atoms with E-state index >= 15 is 0 Å². The fourth-order valence-corrected chi connectivity index (χ4v) is 4.11. The van der Waals surface area contributed by atoms with Crippen LogP contribution in [0.15, 0.2) is 71.9 Å². The van der Waals surface area contributed by atoms with E-state index in [1.165, 1.54) is 43.5 Å². The highest BCUT2D eigenvalue weighted by Gasteiger charge is 2.18. The van der Waals surface area contributed by atoms with Crippen molar-refractivity contribution in [1.82, 2.24) is 10.3 Å². The largest absolute Gasteiger partial charge is 0.496 e. The number of nitrogens with zero attached hydrogens (tertiary/aromatic N) is 1. The number of anilines is 1. The van der Waals surface area contributed by atoms with E-state index in [9.17, 15) is 17.6 Å². The molecule has 0 fully saturated rings. The third-order valence-corrected chi connectivity index (χ3v) is 5.92. The van der Waals surface area contributed by atoms with Gasteiger partial charge in [-0.1, -0.05) is 6.07 Å². The Hall–Kier alpha value is -3.46. The van der Waals surface area contributed by atoms with Crippen molar-refractivity contribution in [3.05, 3.63) is 83.9 Å². The van der Waals surface area contributed by atoms with Gasteiger partial charge in [0, 0.05) is 30.2 Å². The number of sulfone groups is 1. The number of urea groups is 1. The number of nitrogens with one attached hydrogen (secondary N) is 2. The predicted octanol–water partition coefficient (Wildman–Crippen LogP) is 3.52. The molecular formula is C21H20FN3O4S. The molecule has 0 aliphatic heterocycles. The van der Waals surface area contributed by atoms with E-state index in [0.717, 1.165) is 11.6 Å². The summed E-state index contributed by atoms with van der Waals surface area (Å²) in [4.78, 5) is 16.0. The van der Waals surface area contributed by atoms with Gasteiger partial charge in [0.15, 0.2) is 9.84 Å². The summed E-state index contributed by atoms with van der Waals surface area (Å²) in [5.74, 6) is -0.659. The number of benzene rings is 2. The summed E-state index contributed by atoms with van der Waals surface area (Å²) in [5, 5.41) is 5.32. The molecule has 3 rings (SSSR count). The zero-order valence-electron chi connectivity index (χ0n) is 16.1. The highest BCUT2D eigenvalue weighted by molar-refractivity contribution is 7.90. The van der Waals surface area contributed by atoms with Crippen molar-refractivity contribution in [2.24, 2.45) is 0 Å². The summed E-state index contributed by atoms with van der Waals surface area (Å²) in [5.41, 5.74) is 1.51. The Balaban J connectivity index is 1.64. The number of methoxy groups -OCH3 is 1. The summed E-state index contributed by atoms with van der Waals surface area (Å²) in [6.45, 7) is 0.307. The van der Waals surface area contributed by atoms with Crippen LogP contribution in [0.3, 0.4) is 0 Å². The lowest BCUT2D eigenvalue weighted by molar-refractivity contribution is 0.251. The lowest BCUT2D eigenvalue weighted by Crippen LogP contribution is -2.28. The van der Waals surface area contributed by atoms with Crippen molar-refractivity contribution in [1.29, 1.82) is 0 Å². The van der Waals surface area contributed by atoms with Crippen molar-refractivity contribution in [2.75, 3.05) is 12.4 Å². The smallest absolute Gasteiger partial charge is 0.319 e. The number of ether oxygens (including phenoxy) is 1. The van der Waals surface area contributed by atoms with Gasteiger partial charge in [0.2, 0.25) is 0 Å². The zero-order chi connectivity index (χ0) is 21.6. The molecule has 0 bridgehead atoms. The number of pyridine rings is 1. The first-order chi connectivity index (χ1) is 14.4. The number of hydrogen-bond donors (Lipinski definition) is 2. The lowest BCUT2D eigenvalue weighted by Gasteiger charge is -2.11. The molecule has 156 valence electrons. The second-order valence-corrected chi connectivity index (χ2v) is 8.40. The quantitative estimate of drug-likeness (QED) is 0.599. The fraction of sp³-hybridized carbons (Fsp3) is 0.143. The maximum atomic E-state index is 13.5. The van der Waals surface area contributed by atoms with Gasteiger partial charge in [0.25, 0.3) is 0 Å². The highest BCUT2D eigenvalue weighted by Crippen LogP contribution is 2.25. The molecule has 7 nitrogen and oxygen atoms in total. The number of hydrogen-bond acceptors (Lipinski definition) is 5. The maximum absolute atomic E-state index is 13.5. The van der Waals surface area contributed by atoms with Crippen LogP contribution in [-0.4, -0.2) is 26.5 Å². The van der Waals surface area contributed by atoms with Crippen molar-refractivity contribution in [3.8, 4) is 5.75 Å². The van der Waals surface area contributed by atoms with Crippen LogP contribution >= 0.6 is 0 Å². The average molecular weight is 429 g/mol. The highest BCUT2D eigenvalue weighted by atomic mass is 32.2. The zero-order valence-corrected chi connectivity index (χ0v) is 16.9. The second-order valence-electron chi connectivity index (χ2n) is 6.41. The van der Waals surface area contributed by atoms with Gasteiger partial charge in [0.1, 0.15) is 11.6 Å². The van der Waals surface area contributed by atoms with Crippen LogP contribution in [-0.2, 0) is 22.1 Å². The van der Waals surface area contributed by atoms with Crippen LogP contribution in [0.1, 0.15) is 11.1 Å². The van der Waals surface area contributed by atoms with Gasteiger partial charge in [-0.3, -0.25) is 4.98 Å². The third kappa shape index (κ3) is 5.54. The Morgan fingerprint density at radius 2 is 1.90 bits per heavy atom. The van der Waals surface area contributed by atoms with Gasteiger partial charge in [0.05, 0.1) is 17.8 Å². The molecule has 0 saturated heterocycles. The Bertz CT molecular complexity index is 1120. The lowest BCUT2D eigenvalue weighted by atomic mass is 10.2. The van der Waals surface area contributed by atoms with Gasteiger partial charge in [-0.15, -0.1) is 0 Å². The normalized spacial score (nSPS) is 11.0. The second kappa shape index (κ2) is 9.36. The minimum absolute atomic E-state index is 0.0510. The van der Waals surface area contributed by atoms with Crippen LogP contribution in [0.25, 0.3) is 0 Å². The van der Waals surface area contributed by atoms with E-state index in [0.29, 0.717) is 18.0 Å². The maximum Gasteiger partial charge on any atom is 0.319 e. The SMILES string of the molecule is COc1ccc(F)cc1CS(=O)(=O)c1ccc(NC(=O)NCc2cccnc2)cc1. The molecule has 0 aliphatic rings. The third-order valence-electron chi connectivity index (χ3n) is 4.24. The minimum Gasteiger partial charge on any atom is -0.496 e. The predicted molar refractivity (Wildman–Crippen MR) is 110 cm³/mol. The summed E-state index contributed by atoms with van der Waals surface area (Å²) in [6, 6.07) is 12.6. The van der Waals surface area contributed by atoms with Crippen LogP contribution in [0, 0.1) is 5.82 Å². The van der Waals surface area contributed by atoms with Crippen LogP contribution in [0.5, 0.6) is 5.75 Å². The van der Waals surface area contributed by atoms with E-state index in [1.54, 1.807) is 18.5 Å². The van der Waals surface area contributed by atoms with E-state index < -0.39 is 27.4 Å². The van der Waals surface area contributed by atoms with E-state index in [4.69, 9.17) is 4.74 Å². The molecule has 2 N–H and O–H groups in total. The van der Waals surface area contributed by atoms with Gasteiger partial charge in [-0.25, -0.2) is 17.6 Å². The first-order valence-electron chi connectivity index (χ1n) is 8.96. The summed E-state index contributed by atoms with van der Waals surface area (Å²) < 4.78 is 44.0. The summed E-state index contributed by atoms with van der Waals surface area (Å²) in [7, 11) is -2.34. The molecule has 1 aromatic heterocycles. The standard InChI is InChI=1S/C21H20FN3O4S/c1-29-20-9-4-17(22)11-16(20)14-30(27,28)19-7-5-18(6-8-19)25-21(26)24-13-15-3-2-10-23-12-15/h2-12H,13-14H2,1H3,(H2,24,25,26). The number of carbonyl (C=O) groups excluding carboxylic acids is 1. The summed E-state index contributed by atoms with van der Waals surface area (Å²) in [6.07, 6.45) is 3.29. The number of rotatable bonds is 7. The molecule has 1 heterocycles. The van der Waals surface area contributed by atoms with E-state index in [-0.39, 0.29) is 10.5 Å². The minimum atomic E-state index is -3.74. The van der Waals surface area contributed by atoms with Crippen LogP contribution in [0.4, 0.5) is 14.9 Å².